The molecule has 0 radical (unpaired) electrons. The van der Waals surface area contributed by atoms with Crippen LogP contribution in [0.4, 0.5) is 0 Å². The summed E-state index contributed by atoms with van der Waals surface area (Å²) in [5.41, 5.74) is 0.325. The summed E-state index contributed by atoms with van der Waals surface area (Å²) >= 11 is 0. The molecule has 2 aliphatic rings. The summed E-state index contributed by atoms with van der Waals surface area (Å²) in [5, 5.41) is 9.05. The van der Waals surface area contributed by atoms with Gasteiger partial charge in [0.15, 0.2) is 9.84 Å². The highest BCUT2D eigenvalue weighted by Gasteiger charge is 2.64. The standard InChI is InChI=1S/C8H14O3S/c1-12(10,11)8(6-9)4-7(5-8)2-3-7/h9H,2-6H2,1H3. The van der Waals surface area contributed by atoms with Gasteiger partial charge in [-0.3, -0.25) is 0 Å². The molecule has 3 nitrogen and oxygen atoms in total. The summed E-state index contributed by atoms with van der Waals surface area (Å²) in [7, 11) is -3.06. The molecule has 0 aromatic carbocycles. The highest BCUT2D eigenvalue weighted by atomic mass is 32.2. The third kappa shape index (κ3) is 0.941. The first kappa shape index (κ1) is 8.51. The van der Waals surface area contributed by atoms with Crippen LogP contribution in [0.5, 0.6) is 0 Å². The molecule has 2 saturated carbocycles. The van der Waals surface area contributed by atoms with E-state index in [4.69, 9.17) is 5.11 Å². The number of aliphatic hydroxyl groups excluding tert-OH is 1. The molecule has 2 aliphatic carbocycles. The van der Waals surface area contributed by atoms with Crippen molar-refractivity contribution in [1.82, 2.24) is 0 Å². The minimum absolute atomic E-state index is 0.201. The van der Waals surface area contributed by atoms with E-state index in [1.54, 1.807) is 0 Å². The van der Waals surface area contributed by atoms with Crippen LogP contribution in [0.25, 0.3) is 0 Å². The van der Waals surface area contributed by atoms with E-state index in [1.807, 2.05) is 0 Å². The van der Waals surface area contributed by atoms with Gasteiger partial charge in [0, 0.05) is 6.26 Å². The van der Waals surface area contributed by atoms with Gasteiger partial charge < -0.3 is 5.11 Å². The monoisotopic (exact) mass is 190 g/mol. The molecule has 0 unspecified atom stereocenters. The first-order valence-corrected chi connectivity index (χ1v) is 6.13. The maximum absolute atomic E-state index is 11.3. The van der Waals surface area contributed by atoms with Crippen LogP contribution in [-0.2, 0) is 9.84 Å². The first-order valence-electron chi connectivity index (χ1n) is 4.24. The van der Waals surface area contributed by atoms with E-state index in [2.05, 4.69) is 0 Å². The third-order valence-corrected chi connectivity index (χ3v) is 5.42. The minimum Gasteiger partial charge on any atom is -0.395 e. The van der Waals surface area contributed by atoms with Crippen molar-refractivity contribution in [2.45, 2.75) is 30.4 Å². The van der Waals surface area contributed by atoms with Crippen LogP contribution in [0.2, 0.25) is 0 Å². The Hall–Kier alpha value is -0.0900. The number of sulfone groups is 1. The van der Waals surface area contributed by atoms with Crippen LogP contribution in [0.1, 0.15) is 25.7 Å². The maximum Gasteiger partial charge on any atom is 0.155 e. The van der Waals surface area contributed by atoms with Crippen molar-refractivity contribution in [2.24, 2.45) is 5.41 Å². The van der Waals surface area contributed by atoms with Crippen LogP contribution >= 0.6 is 0 Å². The van der Waals surface area contributed by atoms with E-state index in [0.717, 1.165) is 12.8 Å². The van der Waals surface area contributed by atoms with Gasteiger partial charge in [0.25, 0.3) is 0 Å². The number of hydrogen-bond acceptors (Lipinski definition) is 3. The summed E-state index contributed by atoms with van der Waals surface area (Å²) in [6, 6.07) is 0. The number of rotatable bonds is 2. The Kier molecular flexibility index (Phi) is 1.45. The van der Waals surface area contributed by atoms with Crippen molar-refractivity contribution < 1.29 is 13.5 Å². The molecule has 12 heavy (non-hydrogen) atoms. The predicted octanol–water partition coefficient (Wildman–Crippen LogP) is 0.336. The molecule has 0 aromatic rings. The normalized spacial score (nSPS) is 29.8. The van der Waals surface area contributed by atoms with Crippen molar-refractivity contribution in [3.63, 3.8) is 0 Å². The topological polar surface area (TPSA) is 54.4 Å². The van der Waals surface area contributed by atoms with Crippen LogP contribution < -0.4 is 0 Å². The smallest absolute Gasteiger partial charge is 0.155 e. The van der Waals surface area contributed by atoms with Crippen molar-refractivity contribution >= 4 is 9.84 Å². The second kappa shape index (κ2) is 2.04. The SMILES string of the molecule is CS(=O)(=O)C1(CO)CC2(CC2)C1. The molecule has 4 heteroatoms. The van der Waals surface area contributed by atoms with E-state index in [9.17, 15) is 8.42 Å². The molecule has 0 amide bonds. The summed E-state index contributed by atoms with van der Waals surface area (Å²) in [5.74, 6) is 0. The van der Waals surface area contributed by atoms with Crippen LogP contribution in [0.3, 0.4) is 0 Å². The van der Waals surface area contributed by atoms with Gasteiger partial charge >= 0.3 is 0 Å². The second-order valence-electron chi connectivity index (χ2n) is 4.47. The average Bonchev–Trinajstić information content (AvgIpc) is 2.58. The van der Waals surface area contributed by atoms with Gasteiger partial charge in [0.05, 0.1) is 11.4 Å². The van der Waals surface area contributed by atoms with Crippen molar-refractivity contribution in [3.05, 3.63) is 0 Å². The van der Waals surface area contributed by atoms with Gasteiger partial charge in [-0.1, -0.05) is 0 Å². The van der Waals surface area contributed by atoms with Crippen molar-refractivity contribution in [3.8, 4) is 0 Å². The molecule has 0 aromatic heterocycles. The second-order valence-corrected chi connectivity index (χ2v) is 6.88. The molecular formula is C8H14O3S. The quantitative estimate of drug-likeness (QED) is 0.683. The number of aliphatic hydroxyl groups is 1. The van der Waals surface area contributed by atoms with E-state index < -0.39 is 14.6 Å². The Bertz CT molecular complexity index is 292. The van der Waals surface area contributed by atoms with Crippen molar-refractivity contribution in [1.29, 1.82) is 0 Å². The van der Waals surface area contributed by atoms with Crippen LogP contribution in [0.15, 0.2) is 0 Å². The van der Waals surface area contributed by atoms with Crippen molar-refractivity contribution in [2.75, 3.05) is 12.9 Å². The van der Waals surface area contributed by atoms with Gasteiger partial charge in [-0.15, -0.1) is 0 Å². The number of hydrogen-bond donors (Lipinski definition) is 1. The fourth-order valence-electron chi connectivity index (χ4n) is 2.34. The summed E-state index contributed by atoms with van der Waals surface area (Å²) in [6.07, 6.45) is 4.93. The van der Waals surface area contributed by atoms with E-state index >= 15 is 0 Å². The predicted molar refractivity (Wildman–Crippen MR) is 45.6 cm³/mol. The first-order chi connectivity index (χ1) is 5.43. The molecule has 0 aliphatic heterocycles. The lowest BCUT2D eigenvalue weighted by atomic mass is 9.71. The molecule has 0 atom stereocenters. The zero-order chi connectivity index (χ0) is 9.04. The molecule has 0 saturated heterocycles. The molecule has 0 bridgehead atoms. The maximum atomic E-state index is 11.3. The Labute approximate surface area is 72.7 Å². The Balaban J connectivity index is 2.20. The van der Waals surface area contributed by atoms with Gasteiger partial charge in [-0.25, -0.2) is 8.42 Å². The minimum atomic E-state index is -3.06. The molecule has 0 heterocycles. The highest BCUT2D eigenvalue weighted by Crippen LogP contribution is 2.66. The average molecular weight is 190 g/mol. The zero-order valence-corrected chi connectivity index (χ0v) is 8.02. The van der Waals surface area contributed by atoms with Gasteiger partial charge in [-0.05, 0) is 31.1 Å². The van der Waals surface area contributed by atoms with E-state index in [1.165, 1.54) is 6.26 Å². The van der Waals surface area contributed by atoms with E-state index in [0.29, 0.717) is 18.3 Å². The van der Waals surface area contributed by atoms with Gasteiger partial charge in [0.2, 0.25) is 0 Å². The lowest BCUT2D eigenvalue weighted by Crippen LogP contribution is -2.53. The Morgan fingerprint density at radius 1 is 1.33 bits per heavy atom. The van der Waals surface area contributed by atoms with E-state index in [-0.39, 0.29) is 6.61 Å². The van der Waals surface area contributed by atoms with Gasteiger partial charge in [-0.2, -0.15) is 0 Å². The molecule has 2 rings (SSSR count). The summed E-state index contributed by atoms with van der Waals surface area (Å²) in [4.78, 5) is 0. The molecule has 1 spiro atoms. The summed E-state index contributed by atoms with van der Waals surface area (Å²) < 4.78 is 21.9. The fourth-order valence-corrected chi connectivity index (χ4v) is 3.71. The largest absolute Gasteiger partial charge is 0.395 e. The Morgan fingerprint density at radius 3 is 2.08 bits per heavy atom. The van der Waals surface area contributed by atoms with Crippen LogP contribution in [-0.4, -0.2) is 31.1 Å². The zero-order valence-electron chi connectivity index (χ0n) is 7.21. The lowest BCUT2D eigenvalue weighted by molar-refractivity contribution is 0.114. The lowest BCUT2D eigenvalue weighted by Gasteiger charge is -2.45. The highest BCUT2D eigenvalue weighted by molar-refractivity contribution is 7.92. The summed E-state index contributed by atoms with van der Waals surface area (Å²) in [6.45, 7) is -0.201. The molecular weight excluding hydrogens is 176 g/mol. The van der Waals surface area contributed by atoms with Crippen LogP contribution in [0, 0.1) is 5.41 Å². The molecule has 70 valence electrons. The molecule has 2 fully saturated rings. The third-order valence-electron chi connectivity index (χ3n) is 3.43. The Morgan fingerprint density at radius 2 is 1.83 bits per heavy atom. The fraction of sp³-hybridized carbons (Fsp3) is 1.00. The molecule has 1 N–H and O–H groups in total. The van der Waals surface area contributed by atoms with Gasteiger partial charge in [0.1, 0.15) is 0 Å².